The number of ether oxygens (including phenoxy) is 1. The van der Waals surface area contributed by atoms with E-state index in [9.17, 15) is 4.79 Å². The number of esters is 1. The third-order valence-electron chi connectivity index (χ3n) is 6.58. The monoisotopic (exact) mass is 342 g/mol. The lowest BCUT2D eigenvalue weighted by molar-refractivity contribution is -0.174. The van der Waals surface area contributed by atoms with Crippen molar-refractivity contribution in [1.29, 1.82) is 0 Å². The zero-order valence-corrected chi connectivity index (χ0v) is 15.3. The van der Waals surface area contributed by atoms with E-state index >= 15 is 0 Å². The summed E-state index contributed by atoms with van der Waals surface area (Å²) in [7, 11) is 0. The molecule has 2 bridgehead atoms. The van der Waals surface area contributed by atoms with Crippen molar-refractivity contribution in [1.82, 2.24) is 9.80 Å². The number of rotatable bonds is 4. The lowest BCUT2D eigenvalue weighted by Crippen LogP contribution is -2.57. The van der Waals surface area contributed by atoms with Crippen LogP contribution in [0.5, 0.6) is 0 Å². The Morgan fingerprint density at radius 3 is 2.32 bits per heavy atom. The lowest BCUT2D eigenvalue weighted by Gasteiger charge is -2.46. The van der Waals surface area contributed by atoms with Gasteiger partial charge in [0.25, 0.3) is 0 Å². The molecule has 0 amide bonds. The molecule has 4 saturated heterocycles. The minimum absolute atomic E-state index is 0.0562. The maximum absolute atomic E-state index is 13.4. The number of carbonyl (C=O) groups excluding carboxylic acids is 1. The van der Waals surface area contributed by atoms with E-state index in [0.29, 0.717) is 5.92 Å². The summed E-state index contributed by atoms with van der Waals surface area (Å²) in [5.74, 6) is 0.495. The van der Waals surface area contributed by atoms with E-state index < -0.39 is 5.54 Å². The van der Waals surface area contributed by atoms with Crippen molar-refractivity contribution >= 4 is 5.97 Å². The Kier molecular flexibility index (Phi) is 4.83. The van der Waals surface area contributed by atoms with E-state index in [1.54, 1.807) is 0 Å². The van der Waals surface area contributed by atoms with Gasteiger partial charge in [-0.05, 0) is 70.3 Å². The summed E-state index contributed by atoms with van der Waals surface area (Å²) in [6.45, 7) is 7.27. The SMILES string of the molecule is C[C@](C(=O)O[C@H]1CN2CCC1CC2)(c1ccccc1)N1CCCCC1. The van der Waals surface area contributed by atoms with Gasteiger partial charge in [0, 0.05) is 6.54 Å². The summed E-state index contributed by atoms with van der Waals surface area (Å²) < 4.78 is 6.18. The highest BCUT2D eigenvalue weighted by Crippen LogP contribution is 2.35. The number of piperidine rings is 4. The van der Waals surface area contributed by atoms with Gasteiger partial charge in [-0.1, -0.05) is 36.8 Å². The van der Waals surface area contributed by atoms with Gasteiger partial charge >= 0.3 is 5.97 Å². The molecule has 4 aliphatic heterocycles. The molecule has 4 fully saturated rings. The number of likely N-dealkylation sites (tertiary alicyclic amines) is 1. The largest absolute Gasteiger partial charge is 0.459 e. The quantitative estimate of drug-likeness (QED) is 0.788. The predicted octanol–water partition coefficient (Wildman–Crippen LogP) is 3.03. The van der Waals surface area contributed by atoms with Gasteiger partial charge in [-0.3, -0.25) is 9.80 Å². The molecule has 1 aromatic rings. The molecule has 136 valence electrons. The molecule has 0 radical (unpaired) electrons. The van der Waals surface area contributed by atoms with Crippen molar-refractivity contribution in [2.45, 2.75) is 50.7 Å². The highest BCUT2D eigenvalue weighted by molar-refractivity contribution is 5.82. The van der Waals surface area contributed by atoms with Gasteiger partial charge in [0.2, 0.25) is 0 Å². The van der Waals surface area contributed by atoms with E-state index in [2.05, 4.69) is 28.9 Å². The third-order valence-corrected chi connectivity index (χ3v) is 6.58. The fourth-order valence-electron chi connectivity index (χ4n) is 4.83. The van der Waals surface area contributed by atoms with E-state index in [1.165, 1.54) is 32.4 Å². The standard InChI is InChI=1S/C21H30N2O2/c1-21(18-8-4-2-5-9-18,23-12-6-3-7-13-23)20(24)25-19-16-22-14-10-17(19)11-15-22/h2,4-5,8-9,17,19H,3,6-7,10-16H2,1H3/t19-,21+/m0/s1. The first kappa shape index (κ1) is 17.0. The summed E-state index contributed by atoms with van der Waals surface area (Å²) in [5.41, 5.74) is 0.386. The molecule has 4 aliphatic rings. The van der Waals surface area contributed by atoms with Crippen molar-refractivity contribution in [3.05, 3.63) is 35.9 Å². The van der Waals surface area contributed by atoms with E-state index in [4.69, 9.17) is 4.74 Å². The highest BCUT2D eigenvalue weighted by atomic mass is 16.5. The van der Waals surface area contributed by atoms with Crippen LogP contribution in [-0.2, 0) is 15.1 Å². The van der Waals surface area contributed by atoms with E-state index in [-0.39, 0.29) is 12.1 Å². The van der Waals surface area contributed by atoms with Crippen LogP contribution in [0.2, 0.25) is 0 Å². The fourth-order valence-corrected chi connectivity index (χ4v) is 4.83. The minimum Gasteiger partial charge on any atom is -0.459 e. The number of benzene rings is 1. The van der Waals surface area contributed by atoms with Gasteiger partial charge in [-0.15, -0.1) is 0 Å². The Labute approximate surface area is 151 Å². The summed E-state index contributed by atoms with van der Waals surface area (Å²) in [5, 5.41) is 0. The first-order valence-electron chi connectivity index (χ1n) is 9.92. The van der Waals surface area contributed by atoms with Gasteiger partial charge in [0.1, 0.15) is 11.6 Å². The van der Waals surface area contributed by atoms with Crippen LogP contribution in [0.3, 0.4) is 0 Å². The van der Waals surface area contributed by atoms with Crippen LogP contribution < -0.4 is 0 Å². The Balaban J connectivity index is 1.58. The number of nitrogens with zero attached hydrogens (tertiary/aromatic N) is 2. The van der Waals surface area contributed by atoms with Crippen molar-refractivity contribution < 1.29 is 9.53 Å². The molecule has 1 aromatic carbocycles. The lowest BCUT2D eigenvalue weighted by atomic mass is 9.85. The summed E-state index contributed by atoms with van der Waals surface area (Å²) in [4.78, 5) is 18.2. The maximum Gasteiger partial charge on any atom is 0.331 e. The van der Waals surface area contributed by atoms with Gasteiger partial charge in [-0.25, -0.2) is 4.79 Å². The molecule has 0 aliphatic carbocycles. The van der Waals surface area contributed by atoms with Crippen LogP contribution in [0.25, 0.3) is 0 Å². The molecular formula is C21H30N2O2. The first-order chi connectivity index (χ1) is 12.2. The van der Waals surface area contributed by atoms with Crippen molar-refractivity contribution in [3.8, 4) is 0 Å². The summed E-state index contributed by atoms with van der Waals surface area (Å²) in [6, 6.07) is 10.2. The minimum atomic E-state index is -0.673. The molecule has 0 spiro atoms. The summed E-state index contributed by atoms with van der Waals surface area (Å²) >= 11 is 0. The maximum atomic E-state index is 13.4. The molecule has 4 heterocycles. The average Bonchev–Trinajstić information content (AvgIpc) is 2.69. The van der Waals surface area contributed by atoms with Crippen LogP contribution in [0.4, 0.5) is 0 Å². The highest BCUT2D eigenvalue weighted by Gasteiger charge is 2.46. The average molecular weight is 342 g/mol. The van der Waals surface area contributed by atoms with Gasteiger partial charge in [0.05, 0.1) is 0 Å². The molecule has 4 heteroatoms. The molecule has 0 saturated carbocycles. The molecule has 4 nitrogen and oxygen atoms in total. The van der Waals surface area contributed by atoms with Crippen molar-refractivity contribution in [3.63, 3.8) is 0 Å². The Hall–Kier alpha value is -1.39. The van der Waals surface area contributed by atoms with E-state index in [0.717, 1.165) is 38.0 Å². The molecule has 0 aromatic heterocycles. The topological polar surface area (TPSA) is 32.8 Å². The smallest absolute Gasteiger partial charge is 0.331 e. The van der Waals surface area contributed by atoms with Crippen LogP contribution in [0.15, 0.2) is 30.3 Å². The van der Waals surface area contributed by atoms with Crippen LogP contribution in [0.1, 0.15) is 44.6 Å². The van der Waals surface area contributed by atoms with Crippen LogP contribution >= 0.6 is 0 Å². The third kappa shape index (κ3) is 3.22. The number of carbonyl (C=O) groups is 1. The Morgan fingerprint density at radius 2 is 1.72 bits per heavy atom. The normalized spacial score (nSPS) is 32.1. The van der Waals surface area contributed by atoms with Crippen molar-refractivity contribution in [2.24, 2.45) is 5.92 Å². The molecular weight excluding hydrogens is 312 g/mol. The predicted molar refractivity (Wildman–Crippen MR) is 98.3 cm³/mol. The van der Waals surface area contributed by atoms with E-state index in [1.807, 2.05) is 18.2 Å². The summed E-state index contributed by atoms with van der Waals surface area (Å²) in [6.07, 6.45) is 6.00. The zero-order valence-electron chi connectivity index (χ0n) is 15.3. The molecule has 5 rings (SSSR count). The van der Waals surface area contributed by atoms with Gasteiger partial charge < -0.3 is 4.74 Å². The molecule has 0 unspecified atom stereocenters. The molecule has 25 heavy (non-hydrogen) atoms. The second-order valence-electron chi connectivity index (χ2n) is 8.07. The fraction of sp³-hybridized carbons (Fsp3) is 0.667. The zero-order chi connectivity index (χ0) is 17.3. The Morgan fingerprint density at radius 1 is 1.04 bits per heavy atom. The van der Waals surface area contributed by atoms with Crippen LogP contribution in [-0.4, -0.2) is 54.6 Å². The second kappa shape index (κ2) is 7.08. The number of hydrogen-bond donors (Lipinski definition) is 0. The van der Waals surface area contributed by atoms with Crippen LogP contribution in [0, 0.1) is 5.92 Å². The van der Waals surface area contributed by atoms with Gasteiger partial charge in [0.15, 0.2) is 0 Å². The molecule has 0 N–H and O–H groups in total. The van der Waals surface area contributed by atoms with Crippen molar-refractivity contribution in [2.75, 3.05) is 32.7 Å². The van der Waals surface area contributed by atoms with Gasteiger partial charge in [-0.2, -0.15) is 0 Å². The molecule has 2 atom stereocenters. The number of fused-ring (bicyclic) bond motifs is 3. The number of hydrogen-bond acceptors (Lipinski definition) is 4. The first-order valence-corrected chi connectivity index (χ1v) is 9.92. The second-order valence-corrected chi connectivity index (χ2v) is 8.07. The Bertz CT molecular complexity index is 591.